The lowest BCUT2D eigenvalue weighted by Gasteiger charge is -2.53. The predicted molar refractivity (Wildman–Crippen MR) is 109 cm³/mol. The normalized spacial score (nSPS) is 36.5. The van der Waals surface area contributed by atoms with Crippen LogP contribution >= 0.6 is 0 Å². The molecule has 2 saturated carbocycles. The van der Waals surface area contributed by atoms with Gasteiger partial charge in [0, 0.05) is 14.2 Å². The van der Waals surface area contributed by atoms with Gasteiger partial charge in [-0.25, -0.2) is 0 Å². The van der Waals surface area contributed by atoms with Crippen molar-refractivity contribution in [3.63, 3.8) is 0 Å². The van der Waals surface area contributed by atoms with Crippen LogP contribution in [0.15, 0.2) is 18.2 Å². The van der Waals surface area contributed by atoms with Gasteiger partial charge in [0.15, 0.2) is 6.79 Å². The first-order chi connectivity index (χ1) is 13.6. The van der Waals surface area contributed by atoms with Crippen molar-refractivity contribution in [1.29, 1.82) is 0 Å². The summed E-state index contributed by atoms with van der Waals surface area (Å²) in [7, 11) is 3.39. The standard InChI is InChI=1S/C24H36O4/c1-5-16-12-17-13-18(27-14-25-3)6-7-19(17)20-10-11-24(2)21(23(16)20)8-9-22(24)28-15-26-4/h6-7,13,16,20-23H,5,8-12,14-15H2,1-4H3/t16-,20?,21?,22+,23?,24+/m1/s1. The number of hydrogen-bond donors (Lipinski definition) is 0. The fraction of sp³-hybridized carbons (Fsp3) is 0.750. The second-order valence-electron chi connectivity index (χ2n) is 9.26. The molecule has 0 radical (unpaired) electrons. The van der Waals surface area contributed by atoms with Gasteiger partial charge in [0.1, 0.15) is 12.5 Å². The highest BCUT2D eigenvalue weighted by Crippen LogP contribution is 2.63. The molecule has 2 fully saturated rings. The first kappa shape index (κ1) is 20.2. The molecule has 0 aromatic heterocycles. The largest absolute Gasteiger partial charge is 0.468 e. The third-order valence-electron chi connectivity index (χ3n) is 8.04. The molecule has 0 amide bonds. The Bertz CT molecular complexity index is 675. The van der Waals surface area contributed by atoms with Crippen LogP contribution in [0.1, 0.15) is 63.0 Å². The van der Waals surface area contributed by atoms with Gasteiger partial charge in [-0.05, 0) is 84.5 Å². The van der Waals surface area contributed by atoms with Crippen molar-refractivity contribution >= 4 is 0 Å². The van der Waals surface area contributed by atoms with E-state index in [0.717, 1.165) is 23.5 Å². The molecule has 4 nitrogen and oxygen atoms in total. The van der Waals surface area contributed by atoms with Crippen LogP contribution in [0.3, 0.4) is 0 Å². The molecule has 0 aliphatic heterocycles. The zero-order valence-electron chi connectivity index (χ0n) is 17.9. The summed E-state index contributed by atoms with van der Waals surface area (Å²) in [5.41, 5.74) is 3.37. The maximum atomic E-state index is 6.15. The predicted octanol–water partition coefficient (Wildman–Crippen LogP) is 5.15. The molecule has 1 aromatic carbocycles. The summed E-state index contributed by atoms with van der Waals surface area (Å²) >= 11 is 0. The van der Waals surface area contributed by atoms with E-state index < -0.39 is 0 Å². The Morgan fingerprint density at radius 3 is 2.64 bits per heavy atom. The highest BCUT2D eigenvalue weighted by atomic mass is 16.7. The Hall–Kier alpha value is -1.10. The third-order valence-corrected chi connectivity index (χ3v) is 8.04. The number of hydrogen-bond acceptors (Lipinski definition) is 4. The van der Waals surface area contributed by atoms with E-state index in [9.17, 15) is 0 Å². The van der Waals surface area contributed by atoms with Crippen molar-refractivity contribution < 1.29 is 18.9 Å². The fourth-order valence-electron chi connectivity index (χ4n) is 6.76. The quantitative estimate of drug-likeness (QED) is 0.605. The van der Waals surface area contributed by atoms with Crippen molar-refractivity contribution in [2.24, 2.45) is 23.2 Å². The molecule has 0 heterocycles. The molecule has 4 heteroatoms. The third kappa shape index (κ3) is 3.38. The summed E-state index contributed by atoms with van der Waals surface area (Å²) in [5.74, 6) is 3.91. The van der Waals surface area contributed by atoms with E-state index >= 15 is 0 Å². The molecular weight excluding hydrogens is 352 g/mol. The Morgan fingerprint density at radius 2 is 1.89 bits per heavy atom. The maximum absolute atomic E-state index is 6.15. The highest BCUT2D eigenvalue weighted by molar-refractivity contribution is 5.41. The summed E-state index contributed by atoms with van der Waals surface area (Å²) in [5, 5.41) is 0. The first-order valence-electron chi connectivity index (χ1n) is 11.0. The van der Waals surface area contributed by atoms with Crippen LogP contribution in [-0.4, -0.2) is 33.9 Å². The lowest BCUT2D eigenvalue weighted by Crippen LogP contribution is -2.47. The molecular formula is C24H36O4. The van der Waals surface area contributed by atoms with Gasteiger partial charge in [-0.2, -0.15) is 0 Å². The van der Waals surface area contributed by atoms with Gasteiger partial charge in [-0.15, -0.1) is 0 Å². The van der Waals surface area contributed by atoms with E-state index in [1.165, 1.54) is 44.1 Å². The zero-order chi connectivity index (χ0) is 19.7. The lowest BCUT2D eigenvalue weighted by atomic mass is 9.52. The van der Waals surface area contributed by atoms with E-state index in [1.807, 2.05) is 0 Å². The van der Waals surface area contributed by atoms with E-state index in [2.05, 4.69) is 32.0 Å². The van der Waals surface area contributed by atoms with Crippen LogP contribution in [0.5, 0.6) is 5.75 Å². The first-order valence-corrected chi connectivity index (χ1v) is 11.0. The second-order valence-corrected chi connectivity index (χ2v) is 9.26. The molecule has 0 bridgehead atoms. The van der Waals surface area contributed by atoms with Crippen LogP contribution in [0.2, 0.25) is 0 Å². The number of fused-ring (bicyclic) bond motifs is 5. The molecule has 3 aliphatic carbocycles. The Morgan fingerprint density at radius 1 is 1.07 bits per heavy atom. The molecule has 28 heavy (non-hydrogen) atoms. The molecule has 3 unspecified atom stereocenters. The lowest BCUT2D eigenvalue weighted by molar-refractivity contribution is -0.128. The van der Waals surface area contributed by atoms with E-state index in [-0.39, 0.29) is 0 Å². The average Bonchev–Trinajstić information content (AvgIpc) is 3.05. The summed E-state index contributed by atoms with van der Waals surface area (Å²) in [6.45, 7) is 5.60. The van der Waals surface area contributed by atoms with Gasteiger partial charge in [-0.3, -0.25) is 0 Å². The van der Waals surface area contributed by atoms with Crippen LogP contribution in [-0.2, 0) is 20.6 Å². The zero-order valence-corrected chi connectivity index (χ0v) is 17.9. The van der Waals surface area contributed by atoms with Gasteiger partial charge >= 0.3 is 0 Å². The summed E-state index contributed by atoms with van der Waals surface area (Å²) < 4.78 is 22.1. The molecule has 3 aliphatic rings. The maximum Gasteiger partial charge on any atom is 0.188 e. The van der Waals surface area contributed by atoms with E-state index in [1.54, 1.807) is 19.8 Å². The van der Waals surface area contributed by atoms with Crippen LogP contribution in [0.4, 0.5) is 0 Å². The second kappa shape index (κ2) is 8.33. The highest BCUT2D eigenvalue weighted by Gasteiger charge is 2.57. The van der Waals surface area contributed by atoms with E-state index in [0.29, 0.717) is 31.0 Å². The van der Waals surface area contributed by atoms with Crippen LogP contribution in [0.25, 0.3) is 0 Å². The van der Waals surface area contributed by atoms with Gasteiger partial charge in [0.25, 0.3) is 0 Å². The smallest absolute Gasteiger partial charge is 0.188 e. The Labute approximate surface area is 169 Å². The van der Waals surface area contributed by atoms with Crippen molar-refractivity contribution in [1.82, 2.24) is 0 Å². The summed E-state index contributed by atoms with van der Waals surface area (Å²) in [6, 6.07) is 6.73. The fourth-order valence-corrected chi connectivity index (χ4v) is 6.76. The van der Waals surface area contributed by atoms with Gasteiger partial charge in [0.05, 0.1) is 6.10 Å². The number of methoxy groups -OCH3 is 2. The molecule has 0 spiro atoms. The van der Waals surface area contributed by atoms with Gasteiger partial charge in [0.2, 0.25) is 0 Å². The topological polar surface area (TPSA) is 36.9 Å². The molecule has 156 valence electrons. The Balaban J connectivity index is 1.61. The minimum atomic E-state index is 0.298. The molecule has 1 aromatic rings. The van der Waals surface area contributed by atoms with E-state index in [4.69, 9.17) is 18.9 Å². The molecule has 4 rings (SSSR count). The van der Waals surface area contributed by atoms with Crippen LogP contribution in [0, 0.1) is 23.2 Å². The molecule has 0 saturated heterocycles. The van der Waals surface area contributed by atoms with Crippen molar-refractivity contribution in [2.45, 2.75) is 64.4 Å². The van der Waals surface area contributed by atoms with Crippen LogP contribution < -0.4 is 4.74 Å². The molecule has 0 N–H and O–H groups in total. The monoisotopic (exact) mass is 388 g/mol. The Kier molecular flexibility index (Phi) is 6.01. The number of ether oxygens (including phenoxy) is 4. The van der Waals surface area contributed by atoms with Crippen molar-refractivity contribution in [3.8, 4) is 5.75 Å². The number of benzene rings is 1. The summed E-state index contributed by atoms with van der Waals surface area (Å²) in [4.78, 5) is 0. The summed E-state index contributed by atoms with van der Waals surface area (Å²) in [6.07, 6.45) is 7.78. The minimum Gasteiger partial charge on any atom is -0.468 e. The SMILES string of the molecule is CC[C@@H]1Cc2cc(OCOC)ccc2C2CC[C@@]3(C)C(CC[C@@H]3OCOC)C21. The van der Waals surface area contributed by atoms with Crippen molar-refractivity contribution in [2.75, 3.05) is 27.8 Å². The molecule has 6 atom stereocenters. The van der Waals surface area contributed by atoms with Crippen molar-refractivity contribution in [3.05, 3.63) is 29.3 Å². The van der Waals surface area contributed by atoms with Gasteiger partial charge in [-0.1, -0.05) is 26.3 Å². The average molecular weight is 389 g/mol. The number of rotatable bonds is 7. The minimum absolute atomic E-state index is 0.298. The van der Waals surface area contributed by atoms with Gasteiger partial charge < -0.3 is 18.9 Å².